The highest BCUT2D eigenvalue weighted by atomic mass is 16.5. The predicted octanol–water partition coefficient (Wildman–Crippen LogP) is 1.66. The van der Waals surface area contributed by atoms with Crippen molar-refractivity contribution in [3.05, 3.63) is 24.5 Å². The van der Waals surface area contributed by atoms with Gasteiger partial charge in [-0.05, 0) is 26.0 Å². The Balaban J connectivity index is 0.000000292. The number of ether oxygens (including phenoxy) is 2. The van der Waals surface area contributed by atoms with Gasteiger partial charge in [0.25, 0.3) is 6.47 Å². The molecule has 0 aliphatic rings. The van der Waals surface area contributed by atoms with E-state index >= 15 is 0 Å². The first-order valence-electron chi connectivity index (χ1n) is 4.43. The molecule has 0 spiro atoms. The molecule has 78 valence electrons. The number of rotatable bonds is 4. The van der Waals surface area contributed by atoms with Crippen molar-refractivity contribution in [2.75, 3.05) is 13.2 Å². The molecule has 0 aliphatic heterocycles. The molecule has 0 aromatic carbocycles. The zero-order valence-corrected chi connectivity index (χ0v) is 8.47. The molecule has 0 bridgehead atoms. The van der Waals surface area contributed by atoms with Crippen LogP contribution in [0.4, 0.5) is 0 Å². The van der Waals surface area contributed by atoms with E-state index < -0.39 is 0 Å². The Morgan fingerprint density at radius 3 is 2.29 bits per heavy atom. The molecule has 1 rings (SSSR count). The van der Waals surface area contributed by atoms with Crippen LogP contribution < -0.4 is 4.74 Å². The largest absolute Gasteiger partial charge is 0.494 e. The molecule has 14 heavy (non-hydrogen) atoms. The maximum atomic E-state index is 9.18. The minimum Gasteiger partial charge on any atom is -0.494 e. The highest BCUT2D eigenvalue weighted by Gasteiger charge is 1.84. The summed E-state index contributed by atoms with van der Waals surface area (Å²) < 4.78 is 9.32. The van der Waals surface area contributed by atoms with Crippen molar-refractivity contribution in [3.8, 4) is 5.75 Å². The van der Waals surface area contributed by atoms with Crippen molar-refractivity contribution in [2.24, 2.45) is 0 Å². The Kier molecular flexibility index (Phi) is 8.43. The summed E-state index contributed by atoms with van der Waals surface area (Å²) in [7, 11) is 0. The molecule has 0 N–H and O–H groups in total. The summed E-state index contributed by atoms with van der Waals surface area (Å²) in [4.78, 5) is 13.0. The van der Waals surface area contributed by atoms with Gasteiger partial charge in [0.2, 0.25) is 0 Å². The Bertz CT molecular complexity index is 226. The van der Waals surface area contributed by atoms with Crippen molar-refractivity contribution >= 4 is 6.47 Å². The molecule has 1 heterocycles. The molecular weight excluding hydrogens is 182 g/mol. The van der Waals surface area contributed by atoms with E-state index in [0.717, 1.165) is 5.75 Å². The second-order valence-electron chi connectivity index (χ2n) is 2.17. The topological polar surface area (TPSA) is 48.4 Å². The molecule has 0 aliphatic carbocycles. The lowest BCUT2D eigenvalue weighted by Crippen LogP contribution is -1.89. The number of carbonyl (C=O) groups is 1. The Morgan fingerprint density at radius 1 is 1.29 bits per heavy atom. The fourth-order valence-corrected chi connectivity index (χ4v) is 0.669. The van der Waals surface area contributed by atoms with Crippen LogP contribution in [0.2, 0.25) is 0 Å². The van der Waals surface area contributed by atoms with Gasteiger partial charge in [-0.3, -0.25) is 9.78 Å². The summed E-state index contributed by atoms with van der Waals surface area (Å²) in [5.41, 5.74) is 0. The normalized spacial score (nSPS) is 8.14. The molecule has 0 saturated carbocycles. The van der Waals surface area contributed by atoms with Gasteiger partial charge in [0.15, 0.2) is 0 Å². The van der Waals surface area contributed by atoms with Crippen LogP contribution in [0, 0.1) is 0 Å². The first-order chi connectivity index (χ1) is 6.85. The first kappa shape index (κ1) is 12.4. The van der Waals surface area contributed by atoms with Crippen LogP contribution in [-0.4, -0.2) is 24.7 Å². The second kappa shape index (κ2) is 9.51. The molecule has 0 amide bonds. The van der Waals surface area contributed by atoms with Gasteiger partial charge in [-0.15, -0.1) is 0 Å². The summed E-state index contributed by atoms with van der Waals surface area (Å²) in [5, 5.41) is 0. The molecule has 0 atom stereocenters. The van der Waals surface area contributed by atoms with Crippen LogP contribution in [0.25, 0.3) is 0 Å². The third-order valence-electron chi connectivity index (χ3n) is 1.20. The van der Waals surface area contributed by atoms with Gasteiger partial charge >= 0.3 is 0 Å². The van der Waals surface area contributed by atoms with Crippen LogP contribution in [0.15, 0.2) is 24.5 Å². The van der Waals surface area contributed by atoms with Crippen LogP contribution in [0.1, 0.15) is 13.8 Å². The molecule has 0 fully saturated rings. The molecule has 1 aromatic heterocycles. The fraction of sp³-hybridized carbons (Fsp3) is 0.400. The van der Waals surface area contributed by atoms with Crippen LogP contribution in [-0.2, 0) is 9.53 Å². The minimum absolute atomic E-state index is 0.431. The van der Waals surface area contributed by atoms with Crippen molar-refractivity contribution in [1.82, 2.24) is 4.98 Å². The van der Waals surface area contributed by atoms with Crippen molar-refractivity contribution in [3.63, 3.8) is 0 Å². The van der Waals surface area contributed by atoms with Gasteiger partial charge < -0.3 is 9.47 Å². The first-order valence-corrected chi connectivity index (χ1v) is 4.43. The van der Waals surface area contributed by atoms with Crippen molar-refractivity contribution in [2.45, 2.75) is 13.8 Å². The summed E-state index contributed by atoms with van der Waals surface area (Å²) in [6.07, 6.45) is 3.43. The number of carbonyl (C=O) groups excluding carboxylic acids is 1. The molecule has 0 saturated heterocycles. The van der Waals surface area contributed by atoms with Crippen LogP contribution in [0.5, 0.6) is 5.75 Å². The van der Waals surface area contributed by atoms with E-state index in [2.05, 4.69) is 9.72 Å². The van der Waals surface area contributed by atoms with E-state index in [1.165, 1.54) is 0 Å². The molecule has 4 nitrogen and oxygen atoms in total. The van der Waals surface area contributed by atoms with Gasteiger partial charge in [0.1, 0.15) is 5.75 Å². The van der Waals surface area contributed by atoms with E-state index in [4.69, 9.17) is 4.74 Å². The average Bonchev–Trinajstić information content (AvgIpc) is 2.22. The quantitative estimate of drug-likeness (QED) is 0.689. The van der Waals surface area contributed by atoms with Crippen molar-refractivity contribution < 1.29 is 14.3 Å². The van der Waals surface area contributed by atoms with Gasteiger partial charge in [-0.1, -0.05) is 0 Å². The van der Waals surface area contributed by atoms with Gasteiger partial charge in [-0.25, -0.2) is 0 Å². The van der Waals surface area contributed by atoms with Crippen molar-refractivity contribution in [1.29, 1.82) is 0 Å². The number of aromatic nitrogens is 1. The highest BCUT2D eigenvalue weighted by molar-refractivity contribution is 5.36. The zero-order valence-electron chi connectivity index (χ0n) is 8.47. The smallest absolute Gasteiger partial charge is 0.293 e. The van der Waals surface area contributed by atoms with E-state index in [1.807, 2.05) is 19.1 Å². The molecular formula is C10H15NO3. The lowest BCUT2D eigenvalue weighted by atomic mass is 10.5. The number of hydrogen-bond acceptors (Lipinski definition) is 4. The molecule has 1 aromatic rings. The Morgan fingerprint density at radius 2 is 1.93 bits per heavy atom. The van der Waals surface area contributed by atoms with Crippen LogP contribution >= 0.6 is 0 Å². The zero-order chi connectivity index (χ0) is 10.6. The predicted molar refractivity (Wildman–Crippen MR) is 53.1 cm³/mol. The lowest BCUT2D eigenvalue weighted by Gasteiger charge is -1.98. The second-order valence-corrected chi connectivity index (χ2v) is 2.17. The van der Waals surface area contributed by atoms with E-state index in [9.17, 15) is 4.79 Å². The average molecular weight is 197 g/mol. The standard InChI is InChI=1S/C7H9NO.C3H6O2/c1-2-9-7-3-5-8-6-4-7;1-2-5-3-4/h3-6H,2H2,1H3;3H,2H2,1H3. The summed E-state index contributed by atoms with van der Waals surface area (Å²) in [5.74, 6) is 0.882. The third kappa shape index (κ3) is 7.09. The lowest BCUT2D eigenvalue weighted by molar-refractivity contribution is -0.128. The summed E-state index contributed by atoms with van der Waals surface area (Å²) in [6.45, 7) is 5.34. The van der Waals surface area contributed by atoms with E-state index in [-0.39, 0.29) is 0 Å². The maximum Gasteiger partial charge on any atom is 0.293 e. The number of hydrogen-bond donors (Lipinski definition) is 0. The number of pyridine rings is 1. The van der Waals surface area contributed by atoms with E-state index in [1.54, 1.807) is 19.3 Å². The third-order valence-corrected chi connectivity index (χ3v) is 1.20. The van der Waals surface area contributed by atoms with Gasteiger partial charge in [-0.2, -0.15) is 0 Å². The van der Waals surface area contributed by atoms with Gasteiger partial charge in [0, 0.05) is 12.4 Å². The highest BCUT2D eigenvalue weighted by Crippen LogP contribution is 2.05. The summed E-state index contributed by atoms with van der Waals surface area (Å²) in [6, 6.07) is 3.67. The number of nitrogens with zero attached hydrogens (tertiary/aromatic N) is 1. The van der Waals surface area contributed by atoms with Crippen LogP contribution in [0.3, 0.4) is 0 Å². The SMILES string of the molecule is CCOC=O.CCOc1ccncc1. The van der Waals surface area contributed by atoms with Gasteiger partial charge in [0.05, 0.1) is 13.2 Å². The molecule has 0 unspecified atom stereocenters. The Hall–Kier alpha value is -1.58. The molecule has 0 radical (unpaired) electrons. The fourth-order valence-electron chi connectivity index (χ4n) is 0.669. The summed E-state index contributed by atoms with van der Waals surface area (Å²) >= 11 is 0. The monoisotopic (exact) mass is 197 g/mol. The minimum atomic E-state index is 0.431. The maximum absolute atomic E-state index is 9.18. The van der Waals surface area contributed by atoms with E-state index in [0.29, 0.717) is 19.7 Å². The Labute approximate surface area is 83.9 Å². The molecule has 4 heteroatoms.